The molecule has 0 amide bonds. The Labute approximate surface area is 158 Å². The van der Waals surface area contributed by atoms with Crippen molar-refractivity contribution in [3.8, 4) is 0 Å². The molecule has 0 spiro atoms. The van der Waals surface area contributed by atoms with E-state index >= 15 is 0 Å². The molecule has 144 valence electrons. The highest BCUT2D eigenvalue weighted by Crippen LogP contribution is 2.33. The van der Waals surface area contributed by atoms with Crippen LogP contribution in [0.25, 0.3) is 5.65 Å². The molecule has 0 bridgehead atoms. The Morgan fingerprint density at radius 1 is 1.15 bits per heavy atom. The minimum Gasteiger partial charge on any atom is -0.272 e. The zero-order valence-corrected chi connectivity index (χ0v) is 16.9. The molecule has 0 aliphatic carbocycles. The molecule has 1 fully saturated rings. The molecule has 1 saturated heterocycles. The highest BCUT2D eigenvalue weighted by Gasteiger charge is 2.32. The van der Waals surface area contributed by atoms with Crippen molar-refractivity contribution >= 4 is 15.7 Å². The Morgan fingerprint density at radius 3 is 2.48 bits per heavy atom. The number of aromatic nitrogens is 5. The van der Waals surface area contributed by atoms with Crippen molar-refractivity contribution in [2.24, 2.45) is 7.05 Å². The van der Waals surface area contributed by atoms with Crippen LogP contribution in [0.5, 0.6) is 0 Å². The molecule has 0 N–H and O–H groups in total. The summed E-state index contributed by atoms with van der Waals surface area (Å²) in [5.74, 6) is 1.07. The molecule has 1 aliphatic heterocycles. The van der Waals surface area contributed by atoms with Crippen molar-refractivity contribution in [2.45, 2.75) is 44.4 Å². The van der Waals surface area contributed by atoms with Crippen molar-refractivity contribution in [3.05, 3.63) is 41.1 Å². The van der Waals surface area contributed by atoms with Gasteiger partial charge < -0.3 is 0 Å². The van der Waals surface area contributed by atoms with Gasteiger partial charge in [0.25, 0.3) is 0 Å². The van der Waals surface area contributed by atoms with Crippen LogP contribution in [0.1, 0.15) is 41.4 Å². The largest absolute Gasteiger partial charge is 0.272 e. The predicted molar refractivity (Wildman–Crippen MR) is 101 cm³/mol. The highest BCUT2D eigenvalue weighted by molar-refractivity contribution is 7.89. The average molecular weight is 388 g/mol. The van der Waals surface area contributed by atoms with E-state index in [1.54, 1.807) is 23.0 Å². The first-order valence-electron chi connectivity index (χ1n) is 9.09. The van der Waals surface area contributed by atoms with Crippen molar-refractivity contribution in [3.63, 3.8) is 0 Å². The number of sulfonamides is 1. The summed E-state index contributed by atoms with van der Waals surface area (Å²) >= 11 is 0. The van der Waals surface area contributed by atoms with E-state index in [4.69, 9.17) is 0 Å². The Bertz CT molecular complexity index is 1110. The Hall–Kier alpha value is -2.26. The number of fused-ring (bicyclic) bond motifs is 1. The maximum atomic E-state index is 13.0. The van der Waals surface area contributed by atoms with Crippen molar-refractivity contribution in [1.82, 2.24) is 28.7 Å². The topological polar surface area (TPSA) is 85.4 Å². The first kappa shape index (κ1) is 18.1. The van der Waals surface area contributed by atoms with Gasteiger partial charge in [0.15, 0.2) is 5.65 Å². The van der Waals surface area contributed by atoms with Crippen LogP contribution in [0.15, 0.2) is 23.4 Å². The Kier molecular flexibility index (Phi) is 4.31. The van der Waals surface area contributed by atoms with E-state index in [9.17, 15) is 8.42 Å². The zero-order chi connectivity index (χ0) is 19.3. The van der Waals surface area contributed by atoms with Crippen LogP contribution >= 0.6 is 0 Å². The summed E-state index contributed by atoms with van der Waals surface area (Å²) in [6.45, 7) is 6.77. The van der Waals surface area contributed by atoms with Gasteiger partial charge in [0.2, 0.25) is 10.0 Å². The number of pyridine rings is 1. The average Bonchev–Trinajstić information content (AvgIpc) is 3.16. The third kappa shape index (κ3) is 3.04. The molecule has 3 aromatic heterocycles. The van der Waals surface area contributed by atoms with Crippen LogP contribution in [-0.2, 0) is 17.1 Å². The second kappa shape index (κ2) is 6.42. The van der Waals surface area contributed by atoms with E-state index < -0.39 is 10.0 Å². The molecule has 9 heteroatoms. The lowest BCUT2D eigenvalue weighted by molar-refractivity contribution is 0.318. The number of hydrogen-bond acceptors (Lipinski definition) is 5. The molecular formula is C18H24N6O2S. The van der Waals surface area contributed by atoms with E-state index in [1.807, 2.05) is 17.6 Å². The zero-order valence-electron chi connectivity index (χ0n) is 16.0. The number of nitrogens with zero attached hydrogens (tertiary/aromatic N) is 6. The molecule has 0 unspecified atom stereocenters. The fourth-order valence-electron chi connectivity index (χ4n) is 3.86. The first-order chi connectivity index (χ1) is 12.8. The Balaban J connectivity index is 1.55. The molecule has 0 radical (unpaired) electrons. The number of piperidine rings is 1. The predicted octanol–water partition coefficient (Wildman–Crippen LogP) is 1.96. The van der Waals surface area contributed by atoms with Gasteiger partial charge in [-0.05, 0) is 56.7 Å². The molecule has 0 atom stereocenters. The Morgan fingerprint density at radius 2 is 1.85 bits per heavy atom. The molecule has 27 heavy (non-hydrogen) atoms. The summed E-state index contributed by atoms with van der Waals surface area (Å²) in [5.41, 5.74) is 3.92. The van der Waals surface area contributed by atoms with E-state index in [1.165, 1.54) is 17.3 Å². The van der Waals surface area contributed by atoms with Crippen LogP contribution in [0.3, 0.4) is 0 Å². The quantitative estimate of drug-likeness (QED) is 0.685. The number of hydrogen-bond donors (Lipinski definition) is 0. The normalized spacial score (nSPS) is 17.0. The van der Waals surface area contributed by atoms with Crippen LogP contribution < -0.4 is 0 Å². The maximum Gasteiger partial charge on any atom is 0.246 e. The molecule has 0 aromatic carbocycles. The van der Waals surface area contributed by atoms with Gasteiger partial charge in [-0.1, -0.05) is 0 Å². The molecular weight excluding hydrogens is 364 g/mol. The van der Waals surface area contributed by atoms with Gasteiger partial charge >= 0.3 is 0 Å². The van der Waals surface area contributed by atoms with E-state index in [0.29, 0.717) is 29.6 Å². The maximum absolute atomic E-state index is 13.0. The SMILES string of the molecule is Cc1nc2cc(C)c(C3CCN(S(=O)(=O)c4cnn(C)c4C)CC3)cn2n1. The fourth-order valence-corrected chi connectivity index (χ4v) is 5.51. The van der Waals surface area contributed by atoms with E-state index in [2.05, 4.69) is 28.2 Å². The number of rotatable bonds is 3. The van der Waals surface area contributed by atoms with E-state index in [-0.39, 0.29) is 0 Å². The third-order valence-electron chi connectivity index (χ3n) is 5.53. The van der Waals surface area contributed by atoms with Crippen molar-refractivity contribution in [1.29, 1.82) is 0 Å². The van der Waals surface area contributed by atoms with Crippen LogP contribution in [0.4, 0.5) is 0 Å². The minimum atomic E-state index is -3.50. The summed E-state index contributed by atoms with van der Waals surface area (Å²) in [4.78, 5) is 4.71. The highest BCUT2D eigenvalue weighted by atomic mass is 32.2. The first-order valence-corrected chi connectivity index (χ1v) is 10.5. The second-order valence-corrected chi connectivity index (χ2v) is 9.18. The summed E-state index contributed by atoms with van der Waals surface area (Å²) < 4.78 is 30.9. The lowest BCUT2D eigenvalue weighted by Gasteiger charge is -2.31. The molecule has 4 rings (SSSR count). The molecule has 1 aliphatic rings. The van der Waals surface area contributed by atoms with Gasteiger partial charge in [0, 0.05) is 26.3 Å². The van der Waals surface area contributed by atoms with Crippen LogP contribution in [-0.4, -0.2) is 50.2 Å². The summed E-state index contributed by atoms with van der Waals surface area (Å²) in [6, 6.07) is 2.05. The molecule has 8 nitrogen and oxygen atoms in total. The monoisotopic (exact) mass is 388 g/mol. The third-order valence-corrected chi connectivity index (χ3v) is 7.53. The van der Waals surface area contributed by atoms with Crippen LogP contribution in [0.2, 0.25) is 0 Å². The standard InChI is InChI=1S/C18H24N6O2S/c1-12-9-18-20-14(3)21-24(18)11-16(12)15-5-7-23(8-6-15)27(25,26)17-10-19-22(4)13(17)2/h9-11,15H,5-8H2,1-4H3. The van der Waals surface area contributed by atoms with E-state index in [0.717, 1.165) is 24.3 Å². The molecule has 4 heterocycles. The van der Waals surface area contributed by atoms with Gasteiger partial charge in [-0.25, -0.2) is 17.9 Å². The van der Waals surface area contributed by atoms with Crippen LogP contribution in [0, 0.1) is 20.8 Å². The van der Waals surface area contributed by atoms with Gasteiger partial charge in [-0.15, -0.1) is 0 Å². The van der Waals surface area contributed by atoms with Gasteiger partial charge in [0.1, 0.15) is 10.7 Å². The van der Waals surface area contributed by atoms with Crippen molar-refractivity contribution in [2.75, 3.05) is 13.1 Å². The summed E-state index contributed by atoms with van der Waals surface area (Å²) in [7, 11) is -1.74. The second-order valence-electron chi connectivity index (χ2n) is 7.27. The summed E-state index contributed by atoms with van der Waals surface area (Å²) in [6.07, 6.45) is 5.07. The minimum absolute atomic E-state index is 0.305. The lowest BCUT2D eigenvalue weighted by atomic mass is 9.89. The lowest BCUT2D eigenvalue weighted by Crippen LogP contribution is -2.38. The molecule has 0 saturated carbocycles. The number of aryl methyl sites for hydroxylation is 3. The molecule has 3 aromatic rings. The van der Waals surface area contributed by atoms with Crippen molar-refractivity contribution < 1.29 is 8.42 Å². The summed E-state index contributed by atoms with van der Waals surface area (Å²) in [5, 5.41) is 8.48. The van der Waals surface area contributed by atoms with Gasteiger partial charge in [-0.3, -0.25) is 4.68 Å². The van der Waals surface area contributed by atoms with Gasteiger partial charge in [-0.2, -0.15) is 14.5 Å². The van der Waals surface area contributed by atoms with Gasteiger partial charge in [0.05, 0.1) is 11.9 Å². The fraction of sp³-hybridized carbons (Fsp3) is 0.500. The smallest absolute Gasteiger partial charge is 0.246 e.